The highest BCUT2D eigenvalue weighted by Crippen LogP contribution is 2.29. The second-order valence-corrected chi connectivity index (χ2v) is 6.80. The quantitative estimate of drug-likeness (QED) is 0.437. The first kappa shape index (κ1) is 18.3. The van der Waals surface area contributed by atoms with Crippen LogP contribution in [0.5, 0.6) is 5.75 Å². The van der Waals surface area contributed by atoms with E-state index in [1.165, 1.54) is 16.5 Å². The summed E-state index contributed by atoms with van der Waals surface area (Å²) in [6.45, 7) is 6.59. The van der Waals surface area contributed by atoms with Gasteiger partial charge in [-0.05, 0) is 62.1 Å². The van der Waals surface area contributed by atoms with Crippen molar-refractivity contribution < 1.29 is 9.84 Å². The molecule has 0 saturated heterocycles. The van der Waals surface area contributed by atoms with Crippen molar-refractivity contribution >= 4 is 10.9 Å². The van der Waals surface area contributed by atoms with E-state index >= 15 is 0 Å². The molecular weight excluding hydrogens is 322 g/mol. The summed E-state index contributed by atoms with van der Waals surface area (Å²) in [7, 11) is 1.68. The van der Waals surface area contributed by atoms with Gasteiger partial charge in [0, 0.05) is 23.1 Å². The van der Waals surface area contributed by atoms with Gasteiger partial charge in [0.25, 0.3) is 0 Å². The molecule has 2 aromatic carbocycles. The summed E-state index contributed by atoms with van der Waals surface area (Å²) in [5, 5.41) is 12.0. The van der Waals surface area contributed by atoms with Crippen molar-refractivity contribution in [2.45, 2.75) is 38.8 Å². The molecule has 0 radical (unpaired) electrons. The lowest BCUT2D eigenvalue weighted by Crippen LogP contribution is -2.09. The Kier molecular flexibility index (Phi) is 5.79. The number of rotatable bonds is 8. The average Bonchev–Trinajstić information content (AvgIpc) is 3.00. The highest BCUT2D eigenvalue weighted by atomic mass is 16.5. The van der Waals surface area contributed by atoms with Crippen LogP contribution in [0, 0.1) is 6.92 Å². The molecule has 0 amide bonds. The lowest BCUT2D eigenvalue weighted by Gasteiger charge is -2.16. The van der Waals surface area contributed by atoms with Crippen molar-refractivity contribution in [1.82, 2.24) is 4.57 Å². The fraction of sp³-hybridized carbons (Fsp3) is 0.304. The summed E-state index contributed by atoms with van der Waals surface area (Å²) in [5.74, 6) is 0.853. The zero-order chi connectivity index (χ0) is 18.5. The van der Waals surface area contributed by atoms with Gasteiger partial charge in [-0.1, -0.05) is 29.8 Å². The molecule has 1 N–H and O–H groups in total. The van der Waals surface area contributed by atoms with Crippen molar-refractivity contribution in [2.75, 3.05) is 7.11 Å². The Morgan fingerprint density at radius 1 is 1.15 bits per heavy atom. The maximum atomic E-state index is 10.8. The molecule has 0 aliphatic heterocycles. The number of hydrogen-bond acceptors (Lipinski definition) is 2. The molecule has 1 unspecified atom stereocenters. The SMILES string of the molecule is C=CCCCC(O)c1cc2cc(C)ccc2n1Cc1ccc(OC)cc1. The zero-order valence-corrected chi connectivity index (χ0v) is 15.6. The molecule has 1 atom stereocenters. The van der Waals surface area contributed by atoms with E-state index in [1.807, 2.05) is 18.2 Å². The summed E-state index contributed by atoms with van der Waals surface area (Å²) in [6, 6.07) is 16.7. The van der Waals surface area contributed by atoms with Crippen molar-refractivity contribution in [3.8, 4) is 5.75 Å². The lowest BCUT2D eigenvalue weighted by atomic mass is 10.1. The number of ether oxygens (including phenoxy) is 1. The molecule has 3 aromatic rings. The molecule has 0 fully saturated rings. The summed E-state index contributed by atoms with van der Waals surface area (Å²) >= 11 is 0. The summed E-state index contributed by atoms with van der Waals surface area (Å²) in [6.07, 6.45) is 4.04. The monoisotopic (exact) mass is 349 g/mol. The number of aryl methyl sites for hydroxylation is 1. The predicted molar refractivity (Wildman–Crippen MR) is 108 cm³/mol. The van der Waals surface area contributed by atoms with E-state index in [2.05, 4.69) is 54.5 Å². The van der Waals surface area contributed by atoms with E-state index in [0.717, 1.165) is 42.8 Å². The second-order valence-electron chi connectivity index (χ2n) is 6.80. The number of hydrogen-bond donors (Lipinski definition) is 1. The molecule has 0 aliphatic carbocycles. The van der Waals surface area contributed by atoms with Crippen LogP contribution < -0.4 is 4.74 Å². The van der Waals surface area contributed by atoms with Crippen LogP contribution in [0.4, 0.5) is 0 Å². The molecule has 0 aliphatic rings. The molecule has 1 aromatic heterocycles. The molecule has 0 bridgehead atoms. The first-order chi connectivity index (χ1) is 12.6. The Hall–Kier alpha value is -2.52. The van der Waals surface area contributed by atoms with Gasteiger partial charge < -0.3 is 14.4 Å². The first-order valence-electron chi connectivity index (χ1n) is 9.14. The van der Waals surface area contributed by atoms with E-state index in [9.17, 15) is 5.11 Å². The molecule has 0 spiro atoms. The van der Waals surface area contributed by atoms with Crippen molar-refractivity contribution in [1.29, 1.82) is 0 Å². The number of aliphatic hydroxyl groups is 1. The smallest absolute Gasteiger partial charge is 0.118 e. The fourth-order valence-corrected chi connectivity index (χ4v) is 3.38. The van der Waals surface area contributed by atoms with E-state index < -0.39 is 6.10 Å². The number of aliphatic hydroxyl groups excluding tert-OH is 1. The third-order valence-electron chi connectivity index (χ3n) is 4.82. The third-order valence-corrected chi connectivity index (χ3v) is 4.82. The van der Waals surface area contributed by atoms with Gasteiger partial charge in [0.1, 0.15) is 5.75 Å². The number of nitrogens with zero attached hydrogens (tertiary/aromatic N) is 1. The van der Waals surface area contributed by atoms with E-state index in [1.54, 1.807) is 7.11 Å². The Morgan fingerprint density at radius 3 is 2.62 bits per heavy atom. The van der Waals surface area contributed by atoms with Gasteiger partial charge in [-0.2, -0.15) is 0 Å². The van der Waals surface area contributed by atoms with Crippen LogP contribution in [0.1, 0.15) is 42.2 Å². The van der Waals surface area contributed by atoms with Gasteiger partial charge in [0.05, 0.1) is 13.2 Å². The van der Waals surface area contributed by atoms with Crippen molar-refractivity contribution in [2.24, 2.45) is 0 Å². The third kappa shape index (κ3) is 4.00. The predicted octanol–water partition coefficient (Wildman–Crippen LogP) is 5.40. The van der Waals surface area contributed by atoms with E-state index in [-0.39, 0.29) is 0 Å². The van der Waals surface area contributed by atoms with Crippen LogP contribution in [-0.4, -0.2) is 16.8 Å². The highest BCUT2D eigenvalue weighted by Gasteiger charge is 2.16. The topological polar surface area (TPSA) is 34.4 Å². The minimum atomic E-state index is -0.471. The summed E-state index contributed by atoms with van der Waals surface area (Å²) in [5.41, 5.74) is 4.55. The van der Waals surface area contributed by atoms with Crippen LogP contribution in [-0.2, 0) is 6.54 Å². The molecule has 3 heteroatoms. The molecule has 3 nitrogen and oxygen atoms in total. The Balaban J connectivity index is 1.96. The molecule has 1 heterocycles. The normalized spacial score (nSPS) is 12.3. The average molecular weight is 349 g/mol. The fourth-order valence-electron chi connectivity index (χ4n) is 3.38. The summed E-state index contributed by atoms with van der Waals surface area (Å²) < 4.78 is 7.48. The van der Waals surface area contributed by atoms with Crippen LogP contribution in [0.25, 0.3) is 10.9 Å². The van der Waals surface area contributed by atoms with Crippen LogP contribution >= 0.6 is 0 Å². The first-order valence-corrected chi connectivity index (χ1v) is 9.14. The standard InChI is InChI=1S/C23H27NO2/c1-4-5-6-7-23(25)22-15-19-14-17(2)8-13-21(19)24(22)16-18-9-11-20(26-3)12-10-18/h4,8-15,23,25H,1,5-7,16H2,2-3H3. The number of benzene rings is 2. The number of unbranched alkanes of at least 4 members (excludes halogenated alkanes) is 1. The second kappa shape index (κ2) is 8.24. The van der Waals surface area contributed by atoms with Gasteiger partial charge in [-0.3, -0.25) is 0 Å². The van der Waals surface area contributed by atoms with Gasteiger partial charge in [0.2, 0.25) is 0 Å². The van der Waals surface area contributed by atoms with E-state index in [0.29, 0.717) is 0 Å². The van der Waals surface area contributed by atoms with Gasteiger partial charge in [0.15, 0.2) is 0 Å². The maximum absolute atomic E-state index is 10.8. The number of methoxy groups -OCH3 is 1. The molecule has 136 valence electrons. The van der Waals surface area contributed by atoms with Crippen LogP contribution in [0.15, 0.2) is 61.2 Å². The molecule has 26 heavy (non-hydrogen) atoms. The Labute approximate surface area is 155 Å². The highest BCUT2D eigenvalue weighted by molar-refractivity contribution is 5.82. The Morgan fingerprint density at radius 2 is 1.92 bits per heavy atom. The summed E-state index contributed by atoms with van der Waals surface area (Å²) in [4.78, 5) is 0. The van der Waals surface area contributed by atoms with Crippen LogP contribution in [0.3, 0.4) is 0 Å². The van der Waals surface area contributed by atoms with Gasteiger partial charge >= 0.3 is 0 Å². The maximum Gasteiger partial charge on any atom is 0.118 e. The minimum Gasteiger partial charge on any atom is -0.497 e. The van der Waals surface area contributed by atoms with Crippen molar-refractivity contribution in [3.05, 3.63) is 78.0 Å². The number of fused-ring (bicyclic) bond motifs is 1. The van der Waals surface area contributed by atoms with E-state index in [4.69, 9.17) is 4.74 Å². The van der Waals surface area contributed by atoms with Crippen molar-refractivity contribution in [3.63, 3.8) is 0 Å². The van der Waals surface area contributed by atoms with Gasteiger partial charge in [-0.15, -0.1) is 6.58 Å². The van der Waals surface area contributed by atoms with Gasteiger partial charge in [-0.25, -0.2) is 0 Å². The van der Waals surface area contributed by atoms with Crippen LogP contribution in [0.2, 0.25) is 0 Å². The Bertz CT molecular complexity index is 877. The number of aromatic nitrogens is 1. The zero-order valence-electron chi connectivity index (χ0n) is 15.6. The number of allylic oxidation sites excluding steroid dienone is 1. The molecular formula is C23H27NO2. The molecule has 0 saturated carbocycles. The molecule has 3 rings (SSSR count). The largest absolute Gasteiger partial charge is 0.497 e. The lowest BCUT2D eigenvalue weighted by molar-refractivity contribution is 0.156. The minimum absolute atomic E-state index is 0.471.